The van der Waals surface area contributed by atoms with Gasteiger partial charge in [0.15, 0.2) is 0 Å². The van der Waals surface area contributed by atoms with E-state index in [0.29, 0.717) is 31.1 Å². The largest absolute Gasteiger partial charge is 0.393 e. The Morgan fingerprint density at radius 1 is 0.337 bits per heavy atom. The van der Waals surface area contributed by atoms with Gasteiger partial charge in [0, 0.05) is 11.8 Å². The van der Waals surface area contributed by atoms with Crippen LogP contribution in [0.3, 0.4) is 0 Å². The minimum atomic E-state index is -5.36. The molecular formula is C70H116F28. The fourth-order valence-electron chi connectivity index (χ4n) is 14.0. The molecule has 0 heterocycles. The first-order chi connectivity index (χ1) is 43.2. The predicted octanol–water partition coefficient (Wildman–Crippen LogP) is 28.4. The van der Waals surface area contributed by atoms with Crippen LogP contribution in [-0.2, 0) is 0 Å². The summed E-state index contributed by atoms with van der Waals surface area (Å²) in [6.07, 6.45) is -20.6. The second kappa shape index (κ2) is 36.8. The number of hydrogen-bond acceptors (Lipinski definition) is 0. The average molecular weight is 1490 g/mol. The molecule has 28 heteroatoms. The summed E-state index contributed by atoms with van der Waals surface area (Å²) in [7, 11) is 0. The standard InChI is InChI=1S/C10H14F6.2C9H15F3.C8H13F3.C8H16.C7H7F7.C7H11F3.C6H11F3.C6H14/c1-4-5(2)8(10(14,15)16)6(3)7(4)9(11,12)13;1-6-3-7(2)5-8(4-6)9(10,11)12;1-6-4-3-5-8(7(6)2)9(10,11)12;1-5-3-6(2)7(4-5)8(9,10)11;1-6-4-5-7(2)8(6)3;1-3-5(9,10)4(2,8)7(13,14)6(3,11)12;1-3-5(8)4(2)7(10)6(3)9;1-4-5(2,3)6(7,8)9;1-5-6(2,3)4/h4-8H,1-3H3;2*6-8H,3-5H2,1-2H3;5-7H,3-4H2,1-2H3;6-8H,4-5H2,1-3H3;3H,1-2H3;3-7H,1-2H3;4H2,1-3H3;5H2,1-4H3/t4-,5?,6?,7?,8?;6-,7?,8?;6?,7-,8?;5-,6?,7?;;3-,4?;3-,4?,5?,6?,7?;;/m1010.00../s1. The first kappa shape index (κ1) is 98.1. The van der Waals surface area contributed by atoms with Gasteiger partial charge >= 0.3 is 48.9 Å². The van der Waals surface area contributed by atoms with Gasteiger partial charge in [-0.15, -0.1) is 0 Å². The van der Waals surface area contributed by atoms with Gasteiger partial charge in [-0.25, -0.2) is 26.3 Å². The Labute approximate surface area is 566 Å². The van der Waals surface area contributed by atoms with Crippen LogP contribution in [0, 0.1) is 129 Å². The van der Waals surface area contributed by atoms with E-state index < -0.39 is 150 Å². The van der Waals surface area contributed by atoms with Gasteiger partial charge in [-0.05, 0) is 128 Å². The molecule has 7 saturated carbocycles. The molecule has 17 unspecified atom stereocenters. The molecule has 7 fully saturated rings. The quantitative estimate of drug-likeness (QED) is 0.230. The highest BCUT2D eigenvalue weighted by Crippen LogP contribution is 2.65. The topological polar surface area (TPSA) is 0 Å². The predicted molar refractivity (Wildman–Crippen MR) is 330 cm³/mol. The molecule has 0 radical (unpaired) electrons. The summed E-state index contributed by atoms with van der Waals surface area (Å²) < 4.78 is 349. The van der Waals surface area contributed by atoms with Gasteiger partial charge in [-0.2, -0.15) is 96.6 Å². The van der Waals surface area contributed by atoms with Crippen LogP contribution in [0.4, 0.5) is 123 Å². The Hall–Kier alpha value is -1.96. The lowest BCUT2D eigenvalue weighted by Gasteiger charge is -2.35. The molecule has 23 atom stereocenters. The second-order valence-corrected chi connectivity index (χ2v) is 32.1. The number of alkyl halides is 28. The van der Waals surface area contributed by atoms with Gasteiger partial charge in [0.2, 0.25) is 5.67 Å². The van der Waals surface area contributed by atoms with Crippen molar-refractivity contribution >= 4 is 0 Å². The highest BCUT2D eigenvalue weighted by Gasteiger charge is 2.88. The van der Waals surface area contributed by atoms with Crippen LogP contribution < -0.4 is 0 Å². The van der Waals surface area contributed by atoms with E-state index in [1.54, 1.807) is 13.8 Å². The van der Waals surface area contributed by atoms with Crippen LogP contribution in [0.25, 0.3) is 0 Å². The molecule has 0 nitrogen and oxygen atoms in total. The molecule has 0 spiro atoms. The maximum absolute atomic E-state index is 12.9. The smallest absolute Gasteiger partial charge is 0.247 e. The summed E-state index contributed by atoms with van der Waals surface area (Å²) in [6, 6.07) is 0. The maximum atomic E-state index is 12.9. The monoisotopic (exact) mass is 1490 g/mol. The third-order valence-electron chi connectivity index (χ3n) is 22.8. The summed E-state index contributed by atoms with van der Waals surface area (Å²) in [4.78, 5) is 0. The van der Waals surface area contributed by atoms with Crippen LogP contribution in [0.15, 0.2) is 0 Å². The van der Waals surface area contributed by atoms with Crippen molar-refractivity contribution < 1.29 is 123 Å². The van der Waals surface area contributed by atoms with Gasteiger partial charge < -0.3 is 0 Å². The average Bonchev–Trinajstić information content (AvgIpc) is 1.54. The van der Waals surface area contributed by atoms with E-state index >= 15 is 0 Å². The zero-order valence-corrected chi connectivity index (χ0v) is 61.3. The lowest BCUT2D eigenvalue weighted by Crippen LogP contribution is -2.52. The molecule has 0 aliphatic heterocycles. The van der Waals surface area contributed by atoms with Crippen molar-refractivity contribution in [1.82, 2.24) is 0 Å². The molecule has 592 valence electrons. The minimum Gasteiger partial charge on any atom is -0.247 e. The van der Waals surface area contributed by atoms with Crippen molar-refractivity contribution in [2.75, 3.05) is 0 Å². The van der Waals surface area contributed by atoms with Crippen LogP contribution >= 0.6 is 0 Å². The van der Waals surface area contributed by atoms with Crippen molar-refractivity contribution in [3.05, 3.63) is 0 Å². The highest BCUT2D eigenvalue weighted by atomic mass is 19.4. The normalized spacial score (nSPS) is 38.4. The molecule has 98 heavy (non-hydrogen) atoms. The highest BCUT2D eigenvalue weighted by molar-refractivity contribution is 5.19. The van der Waals surface area contributed by atoms with E-state index in [-0.39, 0.29) is 55.8 Å². The molecule has 0 aromatic rings. The van der Waals surface area contributed by atoms with Crippen molar-refractivity contribution in [2.24, 2.45) is 129 Å². The third kappa shape index (κ3) is 27.2. The fourth-order valence-corrected chi connectivity index (χ4v) is 14.0. The Morgan fingerprint density at radius 3 is 0.847 bits per heavy atom. The molecule has 0 amide bonds. The first-order valence-electron chi connectivity index (χ1n) is 34.4. The molecule has 0 aromatic carbocycles. The van der Waals surface area contributed by atoms with E-state index in [9.17, 15) is 123 Å². The van der Waals surface area contributed by atoms with E-state index in [0.717, 1.165) is 50.4 Å². The molecule has 0 saturated heterocycles. The minimum absolute atomic E-state index is 0.135. The fraction of sp³-hybridized carbons (Fsp3) is 1.00. The third-order valence-corrected chi connectivity index (χ3v) is 22.8. The first-order valence-corrected chi connectivity index (χ1v) is 34.4. The summed E-state index contributed by atoms with van der Waals surface area (Å²) in [6.45, 7) is 37.4. The van der Waals surface area contributed by atoms with Gasteiger partial charge in [0.1, 0.15) is 18.5 Å². The van der Waals surface area contributed by atoms with Crippen LogP contribution in [0.5, 0.6) is 0 Å². The lowest BCUT2D eigenvalue weighted by molar-refractivity contribution is -0.248. The molecule has 7 aliphatic rings. The Bertz CT molecular complexity index is 2100. The zero-order chi connectivity index (χ0) is 78.8. The van der Waals surface area contributed by atoms with Gasteiger partial charge in [-0.3, -0.25) is 0 Å². The molecular weight excluding hydrogens is 1370 g/mol. The SMILES string of the molecule is CC1C(C(F)(F)F)C(C)[C@@H](C)C1C(F)(F)F.CC1C(F)C(F)[C@@H](C)C1F.CC1CC(C(F)(F)F)C[C@@H](C)C1.CC1CCC(C)C1C.CC1CCCC(C(F)(F)F)[C@@H]1C.CC1C[C@H](C)CC1C(F)(F)F.CCC(C)(C)C.CCC(C)(C)C(F)(F)F.C[C@H]1C(F)(F)C(C)(F)C(F)(F)C1(F)F. The Kier molecular flexibility index (Phi) is 36.9. The molecule has 0 bridgehead atoms. The molecule has 0 aromatic heterocycles. The van der Waals surface area contributed by atoms with E-state index in [1.165, 1.54) is 67.7 Å². The number of halogens is 28. The second-order valence-electron chi connectivity index (χ2n) is 32.1. The van der Waals surface area contributed by atoms with Gasteiger partial charge in [0.05, 0.1) is 40.9 Å². The van der Waals surface area contributed by atoms with Crippen LogP contribution in [0.1, 0.15) is 236 Å². The van der Waals surface area contributed by atoms with Crippen LogP contribution in [-0.4, -0.2) is 79.0 Å². The summed E-state index contributed by atoms with van der Waals surface area (Å²) in [5.41, 5.74) is -5.50. The Morgan fingerprint density at radius 2 is 0.684 bits per heavy atom. The molecule has 0 N–H and O–H groups in total. The van der Waals surface area contributed by atoms with E-state index in [4.69, 9.17) is 0 Å². The van der Waals surface area contributed by atoms with Crippen molar-refractivity contribution in [3.63, 3.8) is 0 Å². The maximum Gasteiger partial charge on any atom is 0.393 e. The number of hydrogen-bond donors (Lipinski definition) is 0. The van der Waals surface area contributed by atoms with E-state index in [2.05, 4.69) is 48.5 Å². The van der Waals surface area contributed by atoms with Gasteiger partial charge in [-0.1, -0.05) is 184 Å². The lowest BCUT2D eigenvalue weighted by atomic mass is 9.73. The summed E-state index contributed by atoms with van der Waals surface area (Å²) >= 11 is 0. The van der Waals surface area contributed by atoms with Crippen molar-refractivity contribution in [3.8, 4) is 0 Å². The number of rotatable bonds is 1. The van der Waals surface area contributed by atoms with Crippen molar-refractivity contribution in [2.45, 2.75) is 315 Å². The molecule has 7 aliphatic carbocycles. The molecule has 7 rings (SSSR count). The van der Waals surface area contributed by atoms with E-state index in [1.807, 2.05) is 27.7 Å². The summed E-state index contributed by atoms with van der Waals surface area (Å²) in [5, 5.41) is 0. The van der Waals surface area contributed by atoms with Crippen LogP contribution in [0.2, 0.25) is 0 Å². The van der Waals surface area contributed by atoms with Crippen molar-refractivity contribution in [1.29, 1.82) is 0 Å². The Balaban J connectivity index is 0. The summed E-state index contributed by atoms with van der Waals surface area (Å²) in [5.74, 6) is -26.4. The zero-order valence-electron chi connectivity index (χ0n) is 61.3. The van der Waals surface area contributed by atoms with Gasteiger partial charge in [0.25, 0.3) is 5.92 Å².